The van der Waals surface area contributed by atoms with Gasteiger partial charge in [0.25, 0.3) is 0 Å². The number of carbonyl (C=O) groups is 1. The first-order valence-corrected chi connectivity index (χ1v) is 6.84. The summed E-state index contributed by atoms with van der Waals surface area (Å²) in [5.74, 6) is 0.785. The Morgan fingerprint density at radius 3 is 2.43 bits per heavy atom. The normalized spacial score (nSPS) is 10.2. The zero-order valence-corrected chi connectivity index (χ0v) is 12.2. The molecule has 0 aliphatic carbocycles. The van der Waals surface area contributed by atoms with E-state index in [1.54, 1.807) is 12.4 Å². The SMILES string of the molecule is CC(C)Oc1ccc(NC(=O)NCc2ccncc2)cc1. The summed E-state index contributed by atoms with van der Waals surface area (Å²) < 4.78 is 5.55. The molecule has 1 aromatic carbocycles. The van der Waals surface area contributed by atoms with E-state index in [4.69, 9.17) is 4.74 Å². The van der Waals surface area contributed by atoms with Crippen LogP contribution in [-0.4, -0.2) is 17.1 Å². The summed E-state index contributed by atoms with van der Waals surface area (Å²) in [5, 5.41) is 5.56. The van der Waals surface area contributed by atoms with Crippen LogP contribution in [0.4, 0.5) is 10.5 Å². The molecule has 0 saturated heterocycles. The van der Waals surface area contributed by atoms with Crippen LogP contribution in [0.15, 0.2) is 48.8 Å². The molecule has 21 heavy (non-hydrogen) atoms. The van der Waals surface area contributed by atoms with Crippen molar-refractivity contribution in [2.24, 2.45) is 0 Å². The molecule has 0 aliphatic rings. The lowest BCUT2D eigenvalue weighted by atomic mass is 10.3. The molecule has 0 unspecified atom stereocenters. The van der Waals surface area contributed by atoms with Gasteiger partial charge in [-0.3, -0.25) is 4.98 Å². The van der Waals surface area contributed by atoms with Crippen molar-refractivity contribution in [3.05, 3.63) is 54.4 Å². The maximum atomic E-state index is 11.8. The van der Waals surface area contributed by atoms with Gasteiger partial charge < -0.3 is 15.4 Å². The van der Waals surface area contributed by atoms with Gasteiger partial charge in [-0.25, -0.2) is 4.79 Å². The first-order chi connectivity index (χ1) is 10.1. The van der Waals surface area contributed by atoms with Crippen LogP contribution in [0.5, 0.6) is 5.75 Å². The van der Waals surface area contributed by atoms with Crippen LogP contribution in [0.2, 0.25) is 0 Å². The molecular weight excluding hydrogens is 266 g/mol. The summed E-state index contributed by atoms with van der Waals surface area (Å²) >= 11 is 0. The van der Waals surface area contributed by atoms with Gasteiger partial charge in [0.1, 0.15) is 5.75 Å². The third-order valence-electron chi connectivity index (χ3n) is 2.69. The van der Waals surface area contributed by atoms with Gasteiger partial charge in [0.2, 0.25) is 0 Å². The van der Waals surface area contributed by atoms with Gasteiger partial charge in [0.05, 0.1) is 6.10 Å². The van der Waals surface area contributed by atoms with E-state index in [0.29, 0.717) is 6.54 Å². The van der Waals surface area contributed by atoms with Gasteiger partial charge in [-0.1, -0.05) is 0 Å². The monoisotopic (exact) mass is 285 g/mol. The largest absolute Gasteiger partial charge is 0.491 e. The number of anilines is 1. The zero-order valence-electron chi connectivity index (χ0n) is 12.2. The van der Waals surface area contributed by atoms with Crippen LogP contribution in [0.25, 0.3) is 0 Å². The first kappa shape index (κ1) is 14.8. The molecule has 0 aliphatic heterocycles. The molecule has 0 bridgehead atoms. The summed E-state index contributed by atoms with van der Waals surface area (Å²) in [4.78, 5) is 15.7. The first-order valence-electron chi connectivity index (χ1n) is 6.84. The lowest BCUT2D eigenvalue weighted by Gasteiger charge is -2.11. The highest BCUT2D eigenvalue weighted by molar-refractivity contribution is 5.89. The van der Waals surface area contributed by atoms with Crippen molar-refractivity contribution < 1.29 is 9.53 Å². The summed E-state index contributed by atoms with van der Waals surface area (Å²) in [7, 11) is 0. The molecule has 0 radical (unpaired) electrons. The Morgan fingerprint density at radius 1 is 1.14 bits per heavy atom. The van der Waals surface area contributed by atoms with Gasteiger partial charge in [0.15, 0.2) is 0 Å². The molecule has 110 valence electrons. The molecule has 0 fully saturated rings. The fourth-order valence-corrected chi connectivity index (χ4v) is 1.75. The molecular formula is C16H19N3O2. The van der Waals surface area contributed by atoms with Crippen LogP contribution < -0.4 is 15.4 Å². The number of nitrogens with one attached hydrogen (secondary N) is 2. The van der Waals surface area contributed by atoms with Gasteiger partial charge >= 0.3 is 6.03 Å². The maximum Gasteiger partial charge on any atom is 0.319 e. The quantitative estimate of drug-likeness (QED) is 0.886. The second-order valence-corrected chi connectivity index (χ2v) is 4.85. The third-order valence-corrected chi connectivity index (χ3v) is 2.69. The van der Waals surface area contributed by atoms with Crippen LogP contribution in [0.3, 0.4) is 0 Å². The van der Waals surface area contributed by atoms with Crippen molar-refractivity contribution in [2.45, 2.75) is 26.5 Å². The number of benzene rings is 1. The Hall–Kier alpha value is -2.56. The van der Waals surface area contributed by atoms with E-state index in [2.05, 4.69) is 15.6 Å². The number of pyridine rings is 1. The smallest absolute Gasteiger partial charge is 0.319 e. The fourth-order valence-electron chi connectivity index (χ4n) is 1.75. The molecule has 5 nitrogen and oxygen atoms in total. The highest BCUT2D eigenvalue weighted by Gasteiger charge is 2.03. The van der Waals surface area contributed by atoms with Gasteiger partial charge in [-0.2, -0.15) is 0 Å². The number of carbonyl (C=O) groups excluding carboxylic acids is 1. The average molecular weight is 285 g/mol. The number of urea groups is 1. The lowest BCUT2D eigenvalue weighted by molar-refractivity contribution is 0.242. The third kappa shape index (κ3) is 5.14. The molecule has 0 saturated carbocycles. The van der Waals surface area contributed by atoms with Crippen LogP contribution >= 0.6 is 0 Å². The van der Waals surface area contributed by atoms with E-state index < -0.39 is 0 Å². The minimum Gasteiger partial charge on any atom is -0.491 e. The maximum absolute atomic E-state index is 11.8. The molecule has 2 aromatic rings. The van der Waals surface area contributed by atoms with Crippen molar-refractivity contribution in [1.82, 2.24) is 10.3 Å². The Balaban J connectivity index is 1.82. The molecule has 0 atom stereocenters. The second kappa shape index (κ2) is 7.28. The number of ether oxygens (including phenoxy) is 1. The summed E-state index contributed by atoms with van der Waals surface area (Å²) in [6.07, 6.45) is 3.53. The molecule has 2 N–H and O–H groups in total. The molecule has 5 heteroatoms. The number of hydrogen-bond acceptors (Lipinski definition) is 3. The van der Waals surface area contributed by atoms with Crippen molar-refractivity contribution in [1.29, 1.82) is 0 Å². The number of nitrogens with zero attached hydrogens (tertiary/aromatic N) is 1. The van der Waals surface area contributed by atoms with E-state index in [9.17, 15) is 4.79 Å². The molecule has 1 heterocycles. The summed E-state index contributed by atoms with van der Waals surface area (Å²) in [6, 6.07) is 10.8. The summed E-state index contributed by atoms with van der Waals surface area (Å²) in [6.45, 7) is 4.40. The highest BCUT2D eigenvalue weighted by atomic mass is 16.5. The predicted octanol–water partition coefficient (Wildman–Crippen LogP) is 3.19. The lowest BCUT2D eigenvalue weighted by Crippen LogP contribution is -2.28. The number of rotatable bonds is 5. The van der Waals surface area contributed by atoms with Gasteiger partial charge in [0, 0.05) is 24.6 Å². The van der Waals surface area contributed by atoms with E-state index in [-0.39, 0.29) is 12.1 Å². The van der Waals surface area contributed by atoms with Crippen LogP contribution in [0, 0.1) is 0 Å². The topological polar surface area (TPSA) is 63.2 Å². The van der Waals surface area contributed by atoms with Crippen molar-refractivity contribution in [3.8, 4) is 5.75 Å². The fraction of sp³-hybridized carbons (Fsp3) is 0.250. The van der Waals surface area contributed by atoms with Gasteiger partial charge in [-0.05, 0) is 55.8 Å². The Bertz CT molecular complexity index is 568. The Kier molecular flexibility index (Phi) is 5.15. The Morgan fingerprint density at radius 2 is 1.81 bits per heavy atom. The van der Waals surface area contributed by atoms with E-state index >= 15 is 0 Å². The van der Waals surface area contributed by atoms with Crippen molar-refractivity contribution in [3.63, 3.8) is 0 Å². The molecule has 0 spiro atoms. The highest BCUT2D eigenvalue weighted by Crippen LogP contribution is 2.16. The Labute approximate surface area is 124 Å². The predicted molar refractivity (Wildman–Crippen MR) is 82.3 cm³/mol. The molecule has 2 rings (SSSR count). The number of hydrogen-bond donors (Lipinski definition) is 2. The molecule has 2 amide bonds. The van der Waals surface area contributed by atoms with E-state index in [1.807, 2.05) is 50.2 Å². The van der Waals surface area contributed by atoms with Crippen molar-refractivity contribution in [2.75, 3.05) is 5.32 Å². The second-order valence-electron chi connectivity index (χ2n) is 4.85. The van der Waals surface area contributed by atoms with E-state index in [1.165, 1.54) is 0 Å². The zero-order chi connectivity index (χ0) is 15.1. The number of amides is 2. The average Bonchev–Trinajstić information content (AvgIpc) is 2.48. The standard InChI is InChI=1S/C16H19N3O2/c1-12(2)21-15-5-3-14(4-6-15)19-16(20)18-11-13-7-9-17-10-8-13/h3-10,12H,11H2,1-2H3,(H2,18,19,20). The van der Waals surface area contributed by atoms with Crippen LogP contribution in [0.1, 0.15) is 19.4 Å². The summed E-state index contributed by atoms with van der Waals surface area (Å²) in [5.41, 5.74) is 1.72. The van der Waals surface area contributed by atoms with E-state index in [0.717, 1.165) is 17.0 Å². The van der Waals surface area contributed by atoms with Crippen LogP contribution in [-0.2, 0) is 6.54 Å². The number of aromatic nitrogens is 1. The van der Waals surface area contributed by atoms with Gasteiger partial charge in [-0.15, -0.1) is 0 Å². The minimum atomic E-state index is -0.246. The molecule has 1 aromatic heterocycles. The minimum absolute atomic E-state index is 0.132. The van der Waals surface area contributed by atoms with Crippen molar-refractivity contribution >= 4 is 11.7 Å².